The number of benzene rings is 1. The molecule has 0 radical (unpaired) electrons. The van der Waals surface area contributed by atoms with Crippen molar-refractivity contribution in [2.45, 2.75) is 110 Å². The second kappa shape index (κ2) is 9.71. The van der Waals surface area contributed by atoms with E-state index in [1.165, 1.54) is 12.0 Å². The Morgan fingerprint density at radius 2 is 1.73 bits per heavy atom. The zero-order valence-corrected chi connectivity index (χ0v) is 23.1. The van der Waals surface area contributed by atoms with Crippen LogP contribution >= 0.6 is 0 Å². The van der Waals surface area contributed by atoms with Crippen LogP contribution in [0.3, 0.4) is 0 Å². The van der Waals surface area contributed by atoms with Gasteiger partial charge >= 0.3 is 6.09 Å². The highest BCUT2D eigenvalue weighted by molar-refractivity contribution is 6.74. The predicted octanol–water partition coefficient (Wildman–Crippen LogP) is 6.77. The molecule has 3 rings (SSSR count). The minimum Gasteiger partial charge on any atom is -0.444 e. The Morgan fingerprint density at radius 3 is 2.24 bits per heavy atom. The highest BCUT2D eigenvalue weighted by Gasteiger charge is 2.53. The van der Waals surface area contributed by atoms with Gasteiger partial charge in [0.05, 0.1) is 25.4 Å². The normalized spacial score (nSPS) is 23.3. The molecule has 1 aromatic carbocycles. The lowest BCUT2D eigenvalue weighted by molar-refractivity contribution is -0.148. The average molecular weight is 476 g/mol. The first-order valence-electron chi connectivity index (χ1n) is 12.5. The van der Waals surface area contributed by atoms with Gasteiger partial charge in [-0.2, -0.15) is 0 Å². The maximum atomic E-state index is 13.3. The summed E-state index contributed by atoms with van der Waals surface area (Å²) in [7, 11) is -1.94. The second-order valence-electron chi connectivity index (χ2n) is 12.6. The summed E-state index contributed by atoms with van der Waals surface area (Å²) in [6.45, 7) is 18.9. The van der Waals surface area contributed by atoms with Crippen molar-refractivity contribution in [2.75, 3.05) is 13.2 Å². The number of nitrogens with zero attached hydrogens (tertiary/aromatic N) is 1. The third-order valence-electron chi connectivity index (χ3n) is 7.81. The Kier molecular flexibility index (Phi) is 7.72. The zero-order valence-electron chi connectivity index (χ0n) is 22.1. The summed E-state index contributed by atoms with van der Waals surface area (Å²) in [6.07, 6.45) is 4.08. The standard InChI is InChI=1S/C27H45NO4Si/c1-25(2,3)32-24(29)28-20-27(15-12-16-27)23(30-18-21-13-10-9-11-14-21)17-22(28)19-31-33(7,8)26(4,5)6/h9-11,13-14,22-23H,12,15-20H2,1-8H3/t22-,23?/m0/s1. The van der Waals surface area contributed by atoms with Crippen LogP contribution in [0.15, 0.2) is 30.3 Å². The molecule has 6 heteroatoms. The van der Waals surface area contributed by atoms with Gasteiger partial charge in [0.15, 0.2) is 8.32 Å². The van der Waals surface area contributed by atoms with E-state index in [9.17, 15) is 4.79 Å². The smallest absolute Gasteiger partial charge is 0.410 e. The lowest BCUT2D eigenvalue weighted by Crippen LogP contribution is -2.63. The van der Waals surface area contributed by atoms with Gasteiger partial charge in [0.2, 0.25) is 0 Å². The summed E-state index contributed by atoms with van der Waals surface area (Å²) in [5.41, 5.74) is 0.699. The molecule has 1 aliphatic heterocycles. The van der Waals surface area contributed by atoms with E-state index in [4.69, 9.17) is 13.9 Å². The van der Waals surface area contributed by atoms with Crippen molar-refractivity contribution < 1.29 is 18.7 Å². The summed E-state index contributed by atoms with van der Waals surface area (Å²) in [6, 6.07) is 10.3. The fourth-order valence-corrected chi connectivity index (χ4v) is 5.58. The van der Waals surface area contributed by atoms with Gasteiger partial charge in [-0.25, -0.2) is 4.79 Å². The number of amides is 1. The summed E-state index contributed by atoms with van der Waals surface area (Å²) in [4.78, 5) is 15.2. The molecule has 0 N–H and O–H groups in total. The summed E-state index contributed by atoms with van der Waals surface area (Å²) in [5, 5.41) is 0.122. The van der Waals surface area contributed by atoms with E-state index >= 15 is 0 Å². The molecule has 1 aromatic rings. The molecule has 1 aliphatic carbocycles. The van der Waals surface area contributed by atoms with Crippen LogP contribution in [-0.4, -0.2) is 50.2 Å². The molecule has 2 atom stereocenters. The van der Waals surface area contributed by atoms with Gasteiger partial charge < -0.3 is 18.8 Å². The molecule has 0 bridgehead atoms. The van der Waals surface area contributed by atoms with Gasteiger partial charge in [-0.15, -0.1) is 0 Å². The Bertz CT molecular complexity index is 793. The molecule has 2 fully saturated rings. The molecule has 5 nitrogen and oxygen atoms in total. The number of likely N-dealkylation sites (tertiary alicyclic amines) is 1. The van der Waals surface area contributed by atoms with Crippen molar-refractivity contribution in [3.8, 4) is 0 Å². The minimum atomic E-state index is -1.94. The Hall–Kier alpha value is -1.37. The Morgan fingerprint density at radius 1 is 1.09 bits per heavy atom. The number of carbonyl (C=O) groups is 1. The fraction of sp³-hybridized carbons (Fsp3) is 0.741. The van der Waals surface area contributed by atoms with Gasteiger partial charge in [-0.1, -0.05) is 57.5 Å². The molecule has 1 heterocycles. The highest BCUT2D eigenvalue weighted by Crippen LogP contribution is 2.51. The maximum absolute atomic E-state index is 13.3. The van der Waals surface area contributed by atoms with Crippen LogP contribution in [0.4, 0.5) is 4.79 Å². The zero-order chi connectivity index (χ0) is 24.5. The summed E-state index contributed by atoms with van der Waals surface area (Å²) in [5.74, 6) is 0. The molecular weight excluding hydrogens is 430 g/mol. The van der Waals surface area contributed by atoms with Gasteiger partial charge in [-0.3, -0.25) is 0 Å². The molecule has 1 amide bonds. The van der Waals surface area contributed by atoms with E-state index in [-0.39, 0.29) is 28.7 Å². The summed E-state index contributed by atoms with van der Waals surface area (Å²) >= 11 is 0. The lowest BCUT2D eigenvalue weighted by atomic mass is 9.61. The van der Waals surface area contributed by atoms with E-state index in [1.54, 1.807) is 0 Å². The topological polar surface area (TPSA) is 48.0 Å². The molecule has 2 aliphatic rings. The van der Waals surface area contributed by atoms with E-state index < -0.39 is 13.9 Å². The van der Waals surface area contributed by atoms with Crippen LogP contribution in [0.5, 0.6) is 0 Å². The van der Waals surface area contributed by atoms with Crippen LogP contribution in [0, 0.1) is 5.41 Å². The fourth-order valence-electron chi connectivity index (χ4n) is 4.53. The number of hydrogen-bond acceptors (Lipinski definition) is 4. The SMILES string of the molecule is CC(C)(C)OC(=O)N1CC2(CCC2)C(OCc2ccccc2)C[C@H]1CO[Si](C)(C)C(C)(C)C. The van der Waals surface area contributed by atoms with Gasteiger partial charge in [-0.05, 0) is 63.7 Å². The van der Waals surface area contributed by atoms with E-state index in [1.807, 2.05) is 31.7 Å². The monoisotopic (exact) mass is 475 g/mol. The lowest BCUT2D eigenvalue weighted by Gasteiger charge is -2.56. The van der Waals surface area contributed by atoms with Crippen LogP contribution in [0.2, 0.25) is 18.1 Å². The molecule has 186 valence electrons. The van der Waals surface area contributed by atoms with Crippen molar-refractivity contribution in [1.29, 1.82) is 0 Å². The van der Waals surface area contributed by atoms with E-state index in [2.05, 4.69) is 58.1 Å². The average Bonchev–Trinajstić information content (AvgIpc) is 2.67. The van der Waals surface area contributed by atoms with Crippen molar-refractivity contribution in [3.63, 3.8) is 0 Å². The third kappa shape index (κ3) is 6.40. The van der Waals surface area contributed by atoms with E-state index in [0.29, 0.717) is 19.8 Å². The summed E-state index contributed by atoms with van der Waals surface area (Å²) < 4.78 is 19.0. The van der Waals surface area contributed by atoms with Crippen molar-refractivity contribution in [3.05, 3.63) is 35.9 Å². The Balaban J connectivity index is 1.79. The molecule has 33 heavy (non-hydrogen) atoms. The number of rotatable bonds is 6. The second-order valence-corrected chi connectivity index (χ2v) is 17.4. The Labute approximate surface area is 202 Å². The van der Waals surface area contributed by atoms with Crippen molar-refractivity contribution in [1.82, 2.24) is 4.90 Å². The predicted molar refractivity (Wildman–Crippen MR) is 136 cm³/mol. The highest BCUT2D eigenvalue weighted by atomic mass is 28.4. The number of hydrogen-bond donors (Lipinski definition) is 0. The molecule has 0 aromatic heterocycles. The number of piperidine rings is 1. The van der Waals surface area contributed by atoms with Crippen molar-refractivity contribution >= 4 is 14.4 Å². The number of ether oxygens (including phenoxy) is 2. The van der Waals surface area contributed by atoms with Gasteiger partial charge in [0.25, 0.3) is 0 Å². The first-order valence-corrected chi connectivity index (χ1v) is 15.4. The largest absolute Gasteiger partial charge is 0.444 e. The number of carbonyl (C=O) groups excluding carboxylic acids is 1. The quantitative estimate of drug-likeness (QED) is 0.426. The van der Waals surface area contributed by atoms with Crippen LogP contribution < -0.4 is 0 Å². The van der Waals surface area contributed by atoms with Crippen LogP contribution in [0.25, 0.3) is 0 Å². The molecule has 1 spiro atoms. The molecular formula is C27H45NO4Si. The van der Waals surface area contributed by atoms with Crippen LogP contribution in [-0.2, 0) is 20.5 Å². The molecule has 1 saturated heterocycles. The first-order chi connectivity index (χ1) is 15.2. The molecule has 1 unspecified atom stereocenters. The maximum Gasteiger partial charge on any atom is 0.410 e. The van der Waals surface area contributed by atoms with E-state index in [0.717, 1.165) is 19.3 Å². The van der Waals surface area contributed by atoms with Crippen LogP contribution in [0.1, 0.15) is 72.8 Å². The first kappa shape index (κ1) is 26.2. The van der Waals surface area contributed by atoms with Crippen molar-refractivity contribution in [2.24, 2.45) is 5.41 Å². The third-order valence-corrected chi connectivity index (χ3v) is 12.3. The van der Waals surface area contributed by atoms with Gasteiger partial charge in [0, 0.05) is 12.0 Å². The van der Waals surface area contributed by atoms with Gasteiger partial charge in [0.1, 0.15) is 5.60 Å². The molecule has 1 saturated carbocycles. The minimum absolute atomic E-state index is 0.0269.